The van der Waals surface area contributed by atoms with Gasteiger partial charge in [-0.1, -0.05) is 149 Å². The molecule has 0 heterocycles. The highest BCUT2D eigenvalue weighted by Crippen LogP contribution is 2.23. The summed E-state index contributed by atoms with van der Waals surface area (Å²) in [5, 5.41) is 0. The SMILES string of the molecule is CCCCCCCCCCCCCCCCCC(F)O[Si](CCCCCCCCCC)(OC)OC. The molecule has 0 N–H and O–H groups in total. The average Bonchev–Trinajstić information content (AvgIpc) is 2.87. The van der Waals surface area contributed by atoms with E-state index in [1.807, 2.05) is 0 Å². The molecule has 0 fully saturated rings. The van der Waals surface area contributed by atoms with E-state index in [-0.39, 0.29) is 0 Å². The summed E-state index contributed by atoms with van der Waals surface area (Å²) in [6, 6.07) is 0.717. The van der Waals surface area contributed by atoms with Gasteiger partial charge in [-0.15, -0.1) is 0 Å². The Morgan fingerprint density at radius 2 is 0.800 bits per heavy atom. The molecule has 212 valence electrons. The van der Waals surface area contributed by atoms with Crippen molar-refractivity contribution in [2.24, 2.45) is 0 Å². The van der Waals surface area contributed by atoms with E-state index in [0.29, 0.717) is 12.5 Å². The van der Waals surface area contributed by atoms with Crippen molar-refractivity contribution in [2.45, 2.75) is 180 Å². The lowest BCUT2D eigenvalue weighted by Crippen LogP contribution is -2.45. The molecule has 0 rings (SSSR count). The highest BCUT2D eigenvalue weighted by atomic mass is 28.4. The van der Waals surface area contributed by atoms with Crippen molar-refractivity contribution >= 4 is 8.80 Å². The summed E-state index contributed by atoms with van der Waals surface area (Å²) in [6.45, 7) is 4.53. The normalized spacial score (nSPS) is 12.9. The Morgan fingerprint density at radius 1 is 0.486 bits per heavy atom. The largest absolute Gasteiger partial charge is 0.502 e. The molecule has 0 spiro atoms. The van der Waals surface area contributed by atoms with E-state index in [0.717, 1.165) is 25.7 Å². The summed E-state index contributed by atoms with van der Waals surface area (Å²) in [5.74, 6) is 0. The molecule has 5 heteroatoms. The maximum absolute atomic E-state index is 14.5. The molecular formula is C30H63FO3Si. The van der Waals surface area contributed by atoms with Gasteiger partial charge in [0, 0.05) is 26.7 Å². The van der Waals surface area contributed by atoms with Gasteiger partial charge in [-0.05, 0) is 12.8 Å². The van der Waals surface area contributed by atoms with Gasteiger partial charge in [0.1, 0.15) is 0 Å². The zero-order valence-electron chi connectivity index (χ0n) is 24.4. The second-order valence-electron chi connectivity index (χ2n) is 10.6. The van der Waals surface area contributed by atoms with Crippen molar-refractivity contribution in [1.82, 2.24) is 0 Å². The van der Waals surface area contributed by atoms with Crippen molar-refractivity contribution < 1.29 is 17.7 Å². The first kappa shape index (κ1) is 35.0. The maximum Gasteiger partial charge on any atom is 0.502 e. The summed E-state index contributed by atoms with van der Waals surface area (Å²) in [5.41, 5.74) is 0. The van der Waals surface area contributed by atoms with Crippen LogP contribution in [-0.4, -0.2) is 29.4 Å². The molecule has 0 aromatic heterocycles. The minimum Gasteiger partial charge on any atom is -0.377 e. The predicted molar refractivity (Wildman–Crippen MR) is 153 cm³/mol. The van der Waals surface area contributed by atoms with Crippen LogP contribution in [0.25, 0.3) is 0 Å². The molecule has 35 heavy (non-hydrogen) atoms. The number of hydrogen-bond acceptors (Lipinski definition) is 3. The van der Waals surface area contributed by atoms with Crippen molar-refractivity contribution in [2.75, 3.05) is 14.2 Å². The molecule has 0 saturated heterocycles. The van der Waals surface area contributed by atoms with E-state index in [4.69, 9.17) is 13.3 Å². The summed E-state index contributed by atoms with van der Waals surface area (Å²) in [7, 11) is 0.352. The fourth-order valence-electron chi connectivity index (χ4n) is 4.85. The number of rotatable bonds is 29. The van der Waals surface area contributed by atoms with Crippen LogP contribution < -0.4 is 0 Å². The highest BCUT2D eigenvalue weighted by molar-refractivity contribution is 6.60. The minimum absolute atomic E-state index is 0.456. The van der Waals surface area contributed by atoms with Crippen molar-refractivity contribution in [3.05, 3.63) is 0 Å². The zero-order valence-corrected chi connectivity index (χ0v) is 25.4. The Morgan fingerprint density at radius 3 is 1.14 bits per heavy atom. The first-order valence-corrected chi connectivity index (χ1v) is 17.5. The molecule has 0 aliphatic heterocycles. The number of hydrogen-bond donors (Lipinski definition) is 0. The molecule has 0 amide bonds. The molecule has 0 saturated carbocycles. The summed E-state index contributed by atoms with van der Waals surface area (Å²) < 4.78 is 31.5. The van der Waals surface area contributed by atoms with E-state index in [1.165, 1.54) is 122 Å². The lowest BCUT2D eigenvalue weighted by molar-refractivity contribution is -0.0195. The Bertz CT molecular complexity index is 407. The van der Waals surface area contributed by atoms with E-state index in [2.05, 4.69) is 13.8 Å². The van der Waals surface area contributed by atoms with Crippen LogP contribution in [0.5, 0.6) is 0 Å². The third-order valence-corrected chi connectivity index (χ3v) is 10.1. The van der Waals surface area contributed by atoms with E-state index < -0.39 is 15.2 Å². The molecule has 0 bridgehead atoms. The van der Waals surface area contributed by atoms with Crippen LogP contribution in [0.2, 0.25) is 6.04 Å². The van der Waals surface area contributed by atoms with Gasteiger partial charge in [0.25, 0.3) is 0 Å². The Balaban J connectivity index is 3.66. The van der Waals surface area contributed by atoms with Gasteiger partial charge < -0.3 is 13.3 Å². The van der Waals surface area contributed by atoms with Gasteiger partial charge in [-0.2, -0.15) is 0 Å². The molecular weight excluding hydrogens is 455 g/mol. The predicted octanol–water partition coefficient (Wildman–Crippen LogP) is 10.9. The fourth-order valence-corrected chi connectivity index (χ4v) is 6.92. The van der Waals surface area contributed by atoms with Gasteiger partial charge in [-0.3, -0.25) is 0 Å². The van der Waals surface area contributed by atoms with Crippen LogP contribution in [-0.2, 0) is 13.3 Å². The van der Waals surface area contributed by atoms with Crippen LogP contribution in [0.1, 0.15) is 168 Å². The second kappa shape index (κ2) is 27.1. The number of halogens is 1. The van der Waals surface area contributed by atoms with Gasteiger partial charge in [-0.25, -0.2) is 4.39 Å². The molecule has 0 aliphatic rings. The number of unbranched alkanes of at least 4 members (excludes halogenated alkanes) is 21. The molecule has 1 unspecified atom stereocenters. The summed E-state index contributed by atoms with van der Waals surface area (Å²) >= 11 is 0. The minimum atomic E-state index is -2.87. The number of alkyl halides is 1. The second-order valence-corrected chi connectivity index (χ2v) is 13.5. The standard InChI is InChI=1S/C30H63FO3Si/c1-5-7-9-11-13-15-16-17-18-19-20-21-22-24-26-28-30(31)34-35(32-3,33-4)29-27-25-23-14-12-10-8-6-2/h30H,5-29H2,1-4H3. The van der Waals surface area contributed by atoms with Crippen LogP contribution in [0.4, 0.5) is 4.39 Å². The van der Waals surface area contributed by atoms with E-state index in [9.17, 15) is 4.39 Å². The van der Waals surface area contributed by atoms with E-state index >= 15 is 0 Å². The Labute approximate surface area is 221 Å². The zero-order chi connectivity index (χ0) is 25.9. The van der Waals surface area contributed by atoms with Gasteiger partial charge >= 0.3 is 8.80 Å². The lowest BCUT2D eigenvalue weighted by atomic mass is 10.0. The molecule has 0 radical (unpaired) electrons. The molecule has 0 aromatic rings. The first-order valence-electron chi connectivity index (χ1n) is 15.6. The fraction of sp³-hybridized carbons (Fsp3) is 1.00. The van der Waals surface area contributed by atoms with Crippen LogP contribution in [0.3, 0.4) is 0 Å². The lowest BCUT2D eigenvalue weighted by Gasteiger charge is -2.28. The highest BCUT2D eigenvalue weighted by Gasteiger charge is 2.41. The maximum atomic E-state index is 14.5. The third kappa shape index (κ3) is 22.9. The summed E-state index contributed by atoms with van der Waals surface area (Å²) in [6.07, 6.45) is 29.0. The monoisotopic (exact) mass is 518 g/mol. The first-order chi connectivity index (χ1) is 17.1. The smallest absolute Gasteiger partial charge is 0.377 e. The van der Waals surface area contributed by atoms with Crippen molar-refractivity contribution in [3.8, 4) is 0 Å². The summed E-state index contributed by atoms with van der Waals surface area (Å²) in [4.78, 5) is 0. The van der Waals surface area contributed by atoms with Crippen molar-refractivity contribution in [1.29, 1.82) is 0 Å². The van der Waals surface area contributed by atoms with Crippen LogP contribution in [0.15, 0.2) is 0 Å². The molecule has 3 nitrogen and oxygen atoms in total. The van der Waals surface area contributed by atoms with Crippen molar-refractivity contribution in [3.63, 3.8) is 0 Å². The van der Waals surface area contributed by atoms with Crippen LogP contribution >= 0.6 is 0 Å². The third-order valence-electron chi connectivity index (χ3n) is 7.30. The molecule has 0 aliphatic carbocycles. The van der Waals surface area contributed by atoms with Crippen LogP contribution in [0, 0.1) is 0 Å². The van der Waals surface area contributed by atoms with Gasteiger partial charge in [0.05, 0.1) is 0 Å². The average molecular weight is 519 g/mol. The molecule has 1 atom stereocenters. The van der Waals surface area contributed by atoms with E-state index in [1.54, 1.807) is 14.2 Å². The quantitative estimate of drug-likeness (QED) is 0.0727. The van der Waals surface area contributed by atoms with Gasteiger partial charge in [0.2, 0.25) is 0 Å². The Hall–Kier alpha value is 0.0269. The van der Waals surface area contributed by atoms with Gasteiger partial charge in [0.15, 0.2) is 6.36 Å². The molecule has 0 aromatic carbocycles. The Kier molecular flexibility index (Phi) is 27.1. The topological polar surface area (TPSA) is 27.7 Å².